The fraction of sp³-hybridized carbons (Fsp3) is 0.833. The summed E-state index contributed by atoms with van der Waals surface area (Å²) in [5.41, 5.74) is 0.346. The molecule has 1 N–H and O–H groups in total. The maximum atomic E-state index is 12.0. The Labute approximate surface area is 101 Å². The molecule has 1 amide bonds. The molecule has 1 heterocycles. The number of rotatable bonds is 0. The van der Waals surface area contributed by atoms with Crippen LogP contribution >= 0.6 is 0 Å². The van der Waals surface area contributed by atoms with Gasteiger partial charge in [0.25, 0.3) is 0 Å². The van der Waals surface area contributed by atoms with Gasteiger partial charge in [0.1, 0.15) is 5.60 Å². The van der Waals surface area contributed by atoms with Gasteiger partial charge in [0.15, 0.2) is 0 Å². The van der Waals surface area contributed by atoms with Crippen molar-refractivity contribution in [1.29, 1.82) is 0 Å². The molecule has 5 heteroatoms. The Bertz CT molecular complexity index is 346. The molecule has 96 valence electrons. The molecule has 2 atom stereocenters. The predicted octanol–water partition coefficient (Wildman–Crippen LogP) is 2.24. The first-order chi connectivity index (χ1) is 7.89. The number of ether oxygens (including phenoxy) is 1. The highest BCUT2D eigenvalue weighted by molar-refractivity contribution is 5.86. The monoisotopic (exact) mass is 240 g/mol. The van der Waals surface area contributed by atoms with Crippen molar-refractivity contribution in [2.45, 2.75) is 51.7 Å². The number of carbonyl (C=O) groups excluding carboxylic acids is 1. The summed E-state index contributed by atoms with van der Waals surface area (Å²) in [6.07, 6.45) is 2.22. The Morgan fingerprint density at radius 1 is 1.47 bits per heavy atom. The molecule has 1 aliphatic carbocycles. The first-order valence-electron chi connectivity index (χ1n) is 6.08. The van der Waals surface area contributed by atoms with Gasteiger partial charge in [0, 0.05) is 19.0 Å². The first kappa shape index (κ1) is 12.2. The molecule has 0 aromatic heterocycles. The molecule has 2 rings (SSSR count). The van der Waals surface area contributed by atoms with E-state index in [4.69, 9.17) is 9.94 Å². The van der Waals surface area contributed by atoms with E-state index >= 15 is 0 Å². The van der Waals surface area contributed by atoms with Crippen LogP contribution in [0.2, 0.25) is 0 Å². The van der Waals surface area contributed by atoms with Gasteiger partial charge in [-0.05, 0) is 39.5 Å². The van der Waals surface area contributed by atoms with Gasteiger partial charge in [-0.25, -0.2) is 4.79 Å². The van der Waals surface area contributed by atoms with Crippen LogP contribution in [0.5, 0.6) is 0 Å². The lowest BCUT2D eigenvalue weighted by molar-refractivity contribution is 0.0230. The smallest absolute Gasteiger partial charge is 0.410 e. The van der Waals surface area contributed by atoms with E-state index in [0.717, 1.165) is 25.1 Å². The highest BCUT2D eigenvalue weighted by atomic mass is 16.6. The lowest BCUT2D eigenvalue weighted by Crippen LogP contribution is -2.40. The van der Waals surface area contributed by atoms with Crippen LogP contribution in [0.1, 0.15) is 40.0 Å². The van der Waals surface area contributed by atoms with Crippen LogP contribution in [-0.4, -0.2) is 40.1 Å². The Balaban J connectivity index is 2.02. The van der Waals surface area contributed by atoms with Gasteiger partial charge < -0.3 is 14.8 Å². The molecule has 17 heavy (non-hydrogen) atoms. The van der Waals surface area contributed by atoms with Crippen LogP contribution in [0.4, 0.5) is 4.79 Å². The molecule has 2 bridgehead atoms. The average molecular weight is 240 g/mol. The Morgan fingerprint density at radius 2 is 2.18 bits per heavy atom. The minimum atomic E-state index is -0.457. The minimum Gasteiger partial charge on any atom is -0.444 e. The fourth-order valence-electron chi connectivity index (χ4n) is 2.67. The summed E-state index contributed by atoms with van der Waals surface area (Å²) in [6, 6.07) is 0.148. The second kappa shape index (κ2) is 4.20. The van der Waals surface area contributed by atoms with Crippen molar-refractivity contribution in [2.24, 2.45) is 11.1 Å². The van der Waals surface area contributed by atoms with Crippen molar-refractivity contribution >= 4 is 11.8 Å². The zero-order valence-electron chi connectivity index (χ0n) is 10.6. The fourth-order valence-corrected chi connectivity index (χ4v) is 2.67. The highest BCUT2D eigenvalue weighted by Gasteiger charge is 2.41. The molecular weight excluding hydrogens is 220 g/mol. The Hall–Kier alpha value is -1.26. The SMILES string of the molecule is CC(C)(C)OC(=O)N1CC2C/C(=N\O)CC1C2. The maximum absolute atomic E-state index is 12.0. The standard InChI is InChI=1S/C12H20N2O3/c1-12(2,3)17-11(15)14-7-8-4-9(13-16)6-10(14)5-8/h8,10,16H,4-7H2,1-3H3/b13-9+. The van der Waals surface area contributed by atoms with Crippen LogP contribution in [0, 0.1) is 5.92 Å². The van der Waals surface area contributed by atoms with Crippen molar-refractivity contribution < 1.29 is 14.7 Å². The van der Waals surface area contributed by atoms with Gasteiger partial charge >= 0.3 is 6.09 Å². The van der Waals surface area contributed by atoms with E-state index in [1.807, 2.05) is 20.8 Å². The Kier molecular flexibility index (Phi) is 3.02. The van der Waals surface area contributed by atoms with Gasteiger partial charge in [-0.15, -0.1) is 0 Å². The van der Waals surface area contributed by atoms with E-state index in [-0.39, 0.29) is 12.1 Å². The van der Waals surface area contributed by atoms with Crippen LogP contribution in [0.3, 0.4) is 0 Å². The van der Waals surface area contributed by atoms with Crippen molar-refractivity contribution in [2.75, 3.05) is 6.54 Å². The second-order valence-electron chi connectivity index (χ2n) is 5.96. The molecule has 0 aromatic carbocycles. The predicted molar refractivity (Wildman–Crippen MR) is 63.3 cm³/mol. The molecule has 1 saturated carbocycles. The molecular formula is C12H20N2O3. The van der Waals surface area contributed by atoms with Crippen LogP contribution in [-0.2, 0) is 4.74 Å². The van der Waals surface area contributed by atoms with Crippen molar-refractivity contribution in [3.8, 4) is 0 Å². The van der Waals surface area contributed by atoms with Crippen LogP contribution in [0.15, 0.2) is 5.16 Å². The summed E-state index contributed by atoms with van der Waals surface area (Å²) in [5, 5.41) is 12.1. The molecule has 0 spiro atoms. The molecule has 0 aromatic rings. The molecule has 0 radical (unpaired) electrons. The molecule has 1 saturated heterocycles. The van der Waals surface area contributed by atoms with E-state index in [0.29, 0.717) is 12.3 Å². The number of oxime groups is 1. The number of hydrogen-bond acceptors (Lipinski definition) is 4. The number of hydrogen-bond donors (Lipinski definition) is 1. The van der Waals surface area contributed by atoms with Crippen molar-refractivity contribution in [3.05, 3.63) is 0 Å². The lowest BCUT2D eigenvalue weighted by atomic mass is 9.89. The topological polar surface area (TPSA) is 62.1 Å². The largest absolute Gasteiger partial charge is 0.444 e. The zero-order valence-corrected chi connectivity index (χ0v) is 10.6. The lowest BCUT2D eigenvalue weighted by Gasteiger charge is -2.28. The van der Waals surface area contributed by atoms with E-state index in [1.165, 1.54) is 0 Å². The van der Waals surface area contributed by atoms with E-state index in [2.05, 4.69) is 5.16 Å². The van der Waals surface area contributed by atoms with Gasteiger partial charge in [-0.3, -0.25) is 0 Å². The third-order valence-corrected chi connectivity index (χ3v) is 3.27. The molecule has 2 fully saturated rings. The summed E-state index contributed by atoms with van der Waals surface area (Å²) < 4.78 is 5.38. The number of amides is 1. The zero-order chi connectivity index (χ0) is 12.6. The van der Waals surface area contributed by atoms with E-state index < -0.39 is 5.60 Å². The third kappa shape index (κ3) is 2.70. The molecule has 2 aliphatic rings. The summed E-state index contributed by atoms with van der Waals surface area (Å²) in [5.74, 6) is 0.423. The first-order valence-corrected chi connectivity index (χ1v) is 6.08. The van der Waals surface area contributed by atoms with E-state index in [9.17, 15) is 4.79 Å². The molecule has 1 aliphatic heterocycles. The molecule has 2 unspecified atom stereocenters. The summed E-state index contributed by atoms with van der Waals surface area (Å²) in [4.78, 5) is 13.8. The summed E-state index contributed by atoms with van der Waals surface area (Å²) in [7, 11) is 0. The normalized spacial score (nSPS) is 30.8. The number of carbonyl (C=O) groups is 1. The minimum absolute atomic E-state index is 0.148. The van der Waals surface area contributed by atoms with Crippen LogP contribution in [0.25, 0.3) is 0 Å². The average Bonchev–Trinajstić information content (AvgIpc) is 2.51. The quantitative estimate of drug-likeness (QED) is 0.521. The van der Waals surface area contributed by atoms with Crippen molar-refractivity contribution in [1.82, 2.24) is 4.90 Å². The summed E-state index contributed by atoms with van der Waals surface area (Å²) >= 11 is 0. The highest BCUT2D eigenvalue weighted by Crippen LogP contribution is 2.35. The second-order valence-corrected chi connectivity index (χ2v) is 5.96. The van der Waals surface area contributed by atoms with Gasteiger partial charge in [0.2, 0.25) is 0 Å². The van der Waals surface area contributed by atoms with E-state index in [1.54, 1.807) is 4.90 Å². The third-order valence-electron chi connectivity index (χ3n) is 3.27. The Morgan fingerprint density at radius 3 is 2.76 bits per heavy atom. The summed E-state index contributed by atoms with van der Waals surface area (Å²) in [6.45, 7) is 6.33. The number of fused-ring (bicyclic) bond motifs is 2. The van der Waals surface area contributed by atoms with Gasteiger partial charge in [0.05, 0.1) is 5.71 Å². The van der Waals surface area contributed by atoms with Gasteiger partial charge in [-0.1, -0.05) is 5.16 Å². The number of likely N-dealkylation sites (tertiary alicyclic amines) is 1. The van der Waals surface area contributed by atoms with Crippen LogP contribution < -0.4 is 0 Å². The maximum Gasteiger partial charge on any atom is 0.410 e. The van der Waals surface area contributed by atoms with Crippen molar-refractivity contribution in [3.63, 3.8) is 0 Å². The number of nitrogens with zero attached hydrogens (tertiary/aromatic N) is 2. The molecule has 5 nitrogen and oxygen atoms in total. The van der Waals surface area contributed by atoms with Gasteiger partial charge in [-0.2, -0.15) is 0 Å².